The molecule has 0 fully saturated rings. The number of amides is 1. The zero-order valence-electron chi connectivity index (χ0n) is 7.58. The van der Waals surface area contributed by atoms with Crippen molar-refractivity contribution in [1.29, 1.82) is 0 Å². The molecule has 0 spiro atoms. The smallest absolute Gasteiger partial charge is 0.284 e. The number of hydrogen-bond donors (Lipinski definition) is 2. The highest BCUT2D eigenvalue weighted by molar-refractivity contribution is 7.99. The standard InChI is InChI=1S/C8H10ClN3OS/c1-2-14-5-3-4-6(9)11-7(5)8(13)12-10/h3-4H,2,10H2,1H3,(H,12,13). The highest BCUT2D eigenvalue weighted by atomic mass is 35.5. The van der Waals surface area contributed by atoms with Gasteiger partial charge in [-0.1, -0.05) is 18.5 Å². The van der Waals surface area contributed by atoms with Crippen LogP contribution in [-0.4, -0.2) is 16.6 Å². The number of pyridine rings is 1. The van der Waals surface area contributed by atoms with Crippen LogP contribution in [0.3, 0.4) is 0 Å². The molecule has 6 heteroatoms. The number of halogens is 1. The lowest BCUT2D eigenvalue weighted by Crippen LogP contribution is -2.31. The van der Waals surface area contributed by atoms with E-state index in [0.717, 1.165) is 10.6 Å². The van der Waals surface area contributed by atoms with E-state index in [1.165, 1.54) is 11.8 Å². The number of thioether (sulfide) groups is 1. The van der Waals surface area contributed by atoms with Gasteiger partial charge in [-0.3, -0.25) is 10.2 Å². The van der Waals surface area contributed by atoms with Crippen molar-refractivity contribution in [3.63, 3.8) is 0 Å². The molecule has 0 aromatic carbocycles. The van der Waals surface area contributed by atoms with Gasteiger partial charge in [-0.15, -0.1) is 11.8 Å². The first-order valence-electron chi connectivity index (χ1n) is 3.99. The molecule has 1 rings (SSSR count). The van der Waals surface area contributed by atoms with Crippen LogP contribution in [-0.2, 0) is 0 Å². The van der Waals surface area contributed by atoms with Gasteiger partial charge in [0.25, 0.3) is 5.91 Å². The van der Waals surface area contributed by atoms with Gasteiger partial charge in [0, 0.05) is 4.90 Å². The molecule has 0 bridgehead atoms. The van der Waals surface area contributed by atoms with Gasteiger partial charge < -0.3 is 0 Å². The van der Waals surface area contributed by atoms with E-state index in [1.807, 2.05) is 12.3 Å². The summed E-state index contributed by atoms with van der Waals surface area (Å²) in [5.74, 6) is 5.46. The molecule has 1 aromatic heterocycles. The molecule has 0 aliphatic heterocycles. The Kier molecular flexibility index (Phi) is 4.19. The molecule has 3 N–H and O–H groups in total. The fourth-order valence-electron chi connectivity index (χ4n) is 0.926. The van der Waals surface area contributed by atoms with Gasteiger partial charge in [-0.2, -0.15) is 0 Å². The molecule has 4 nitrogen and oxygen atoms in total. The Bertz CT molecular complexity index is 345. The maximum Gasteiger partial charge on any atom is 0.284 e. The van der Waals surface area contributed by atoms with Gasteiger partial charge in [0.1, 0.15) is 10.8 Å². The molecule has 0 aliphatic rings. The van der Waals surface area contributed by atoms with Gasteiger partial charge >= 0.3 is 0 Å². The second-order valence-corrected chi connectivity index (χ2v) is 4.08. The van der Waals surface area contributed by atoms with Crippen LogP contribution in [0.25, 0.3) is 0 Å². The maximum absolute atomic E-state index is 11.3. The van der Waals surface area contributed by atoms with E-state index in [1.54, 1.807) is 12.1 Å². The lowest BCUT2D eigenvalue weighted by atomic mass is 10.3. The van der Waals surface area contributed by atoms with Crippen LogP contribution in [0.2, 0.25) is 5.15 Å². The van der Waals surface area contributed by atoms with Crippen LogP contribution in [0, 0.1) is 0 Å². The van der Waals surface area contributed by atoms with Crippen molar-refractivity contribution in [1.82, 2.24) is 10.4 Å². The van der Waals surface area contributed by atoms with E-state index in [0.29, 0.717) is 0 Å². The number of rotatable bonds is 3. The van der Waals surface area contributed by atoms with Crippen LogP contribution in [0.1, 0.15) is 17.4 Å². The topological polar surface area (TPSA) is 68.0 Å². The molecule has 0 saturated carbocycles. The molecule has 0 atom stereocenters. The van der Waals surface area contributed by atoms with E-state index in [2.05, 4.69) is 4.98 Å². The van der Waals surface area contributed by atoms with Crippen LogP contribution in [0.15, 0.2) is 17.0 Å². The molecule has 1 heterocycles. The molecule has 76 valence electrons. The third-order valence-corrected chi connectivity index (χ3v) is 2.61. The van der Waals surface area contributed by atoms with E-state index in [4.69, 9.17) is 17.4 Å². The lowest BCUT2D eigenvalue weighted by Gasteiger charge is -2.05. The summed E-state index contributed by atoms with van der Waals surface area (Å²) in [5.41, 5.74) is 2.30. The third kappa shape index (κ3) is 2.60. The number of hydrazine groups is 1. The van der Waals surface area contributed by atoms with Crippen molar-refractivity contribution in [2.24, 2.45) is 5.84 Å². The largest absolute Gasteiger partial charge is 0.289 e. The van der Waals surface area contributed by atoms with Crippen molar-refractivity contribution >= 4 is 29.3 Å². The normalized spacial score (nSPS) is 9.93. The van der Waals surface area contributed by atoms with Gasteiger partial charge in [0.05, 0.1) is 0 Å². The van der Waals surface area contributed by atoms with Gasteiger partial charge in [0.15, 0.2) is 0 Å². The zero-order valence-corrected chi connectivity index (χ0v) is 9.15. The molecule has 1 amide bonds. The van der Waals surface area contributed by atoms with Crippen molar-refractivity contribution in [2.75, 3.05) is 5.75 Å². The summed E-state index contributed by atoms with van der Waals surface area (Å²) in [7, 11) is 0. The van der Waals surface area contributed by atoms with Crippen LogP contribution >= 0.6 is 23.4 Å². The Labute approximate surface area is 91.2 Å². The first-order chi connectivity index (χ1) is 6.69. The zero-order chi connectivity index (χ0) is 10.6. The van der Waals surface area contributed by atoms with Crippen molar-refractivity contribution in [3.8, 4) is 0 Å². The molecule has 0 aliphatic carbocycles. The monoisotopic (exact) mass is 231 g/mol. The van der Waals surface area contributed by atoms with E-state index >= 15 is 0 Å². The summed E-state index contributed by atoms with van der Waals surface area (Å²) in [6.07, 6.45) is 0. The summed E-state index contributed by atoms with van der Waals surface area (Å²) >= 11 is 7.19. The van der Waals surface area contributed by atoms with Crippen LogP contribution in [0.4, 0.5) is 0 Å². The average Bonchev–Trinajstić information content (AvgIpc) is 2.20. The maximum atomic E-state index is 11.3. The Morgan fingerprint density at radius 3 is 3.00 bits per heavy atom. The molecular formula is C8H10ClN3OS. The summed E-state index contributed by atoms with van der Waals surface area (Å²) in [5, 5.41) is 0.282. The second-order valence-electron chi connectivity index (χ2n) is 2.39. The summed E-state index contributed by atoms with van der Waals surface area (Å²) in [6.45, 7) is 1.99. The minimum absolute atomic E-state index is 0.270. The predicted molar refractivity (Wildman–Crippen MR) is 57.3 cm³/mol. The Morgan fingerprint density at radius 1 is 1.71 bits per heavy atom. The molecule has 14 heavy (non-hydrogen) atoms. The lowest BCUT2D eigenvalue weighted by molar-refractivity contribution is 0.0945. The summed E-state index contributed by atoms with van der Waals surface area (Å²) < 4.78 is 0. The van der Waals surface area contributed by atoms with E-state index in [-0.39, 0.29) is 10.8 Å². The fraction of sp³-hybridized carbons (Fsp3) is 0.250. The molecule has 0 saturated heterocycles. The number of nitrogen functional groups attached to an aromatic ring is 1. The van der Waals surface area contributed by atoms with E-state index in [9.17, 15) is 4.79 Å². The number of nitrogens with two attached hydrogens (primary N) is 1. The third-order valence-electron chi connectivity index (χ3n) is 1.47. The fourth-order valence-corrected chi connectivity index (χ4v) is 1.82. The van der Waals surface area contributed by atoms with Crippen molar-refractivity contribution in [2.45, 2.75) is 11.8 Å². The summed E-state index contributed by atoms with van der Waals surface area (Å²) in [4.78, 5) is 16.0. The first kappa shape index (κ1) is 11.3. The predicted octanol–water partition coefficient (Wildman–Crippen LogP) is 1.45. The molecule has 0 unspecified atom stereocenters. The number of carbonyl (C=O) groups excluding carboxylic acids is 1. The number of aromatic nitrogens is 1. The van der Waals surface area contributed by atoms with Gasteiger partial charge in [-0.25, -0.2) is 10.8 Å². The van der Waals surface area contributed by atoms with Gasteiger partial charge in [-0.05, 0) is 17.9 Å². The number of hydrogen-bond acceptors (Lipinski definition) is 4. The highest BCUT2D eigenvalue weighted by Crippen LogP contribution is 2.22. The van der Waals surface area contributed by atoms with E-state index < -0.39 is 5.91 Å². The number of nitrogens with zero attached hydrogens (tertiary/aromatic N) is 1. The Balaban J connectivity index is 3.08. The minimum atomic E-state index is -0.427. The molecule has 1 aromatic rings. The quantitative estimate of drug-likeness (QED) is 0.272. The number of carbonyl (C=O) groups is 1. The molecular weight excluding hydrogens is 222 g/mol. The SMILES string of the molecule is CCSc1ccc(Cl)nc1C(=O)NN. The average molecular weight is 232 g/mol. The Morgan fingerprint density at radius 2 is 2.43 bits per heavy atom. The number of nitrogens with one attached hydrogen (secondary N) is 1. The first-order valence-corrected chi connectivity index (χ1v) is 5.35. The van der Waals surface area contributed by atoms with Crippen LogP contribution in [0.5, 0.6) is 0 Å². The summed E-state index contributed by atoms with van der Waals surface area (Å²) in [6, 6.07) is 3.40. The molecule has 0 radical (unpaired) electrons. The van der Waals surface area contributed by atoms with Gasteiger partial charge in [0.2, 0.25) is 0 Å². The highest BCUT2D eigenvalue weighted by Gasteiger charge is 2.12. The second kappa shape index (κ2) is 5.19. The Hall–Kier alpha value is -0.780. The van der Waals surface area contributed by atoms with Crippen molar-refractivity contribution in [3.05, 3.63) is 23.0 Å². The van der Waals surface area contributed by atoms with Crippen molar-refractivity contribution < 1.29 is 4.79 Å². The van der Waals surface area contributed by atoms with Crippen LogP contribution < -0.4 is 11.3 Å². The minimum Gasteiger partial charge on any atom is -0.289 e.